The van der Waals surface area contributed by atoms with E-state index in [4.69, 9.17) is 9.40 Å². The Bertz CT molecular complexity index is 4180. The maximum atomic E-state index is 6.09. The standard InChI is InChI=1S/C63H38N2O/c1-2-13-39(14-3-1)43-28-30-61-57(33-43)58-37-55-50-23-9-8-22-49(50)51-29-27-44(48-24-12-19-42-31-32-66-63(42)48)34-54(51)56(55)38-62(58)65(61)45-35-59(52-25-10-17-40-15-4-6-20-46(40)52)64-60(36-45)53-26-11-18-41-16-5-7-21-47(41)53/h1-38H. The van der Waals surface area contributed by atoms with Gasteiger partial charge < -0.3 is 8.98 Å². The van der Waals surface area contributed by atoms with Crippen LogP contribution in [-0.4, -0.2) is 9.55 Å². The van der Waals surface area contributed by atoms with Crippen molar-refractivity contribution in [1.82, 2.24) is 9.55 Å². The molecular weight excluding hydrogens is 801 g/mol. The molecule has 11 aromatic carbocycles. The predicted octanol–water partition coefficient (Wildman–Crippen LogP) is 17.4. The highest BCUT2D eigenvalue weighted by Gasteiger charge is 2.21. The van der Waals surface area contributed by atoms with Crippen molar-refractivity contribution < 1.29 is 4.42 Å². The zero-order valence-corrected chi connectivity index (χ0v) is 35.7. The lowest BCUT2D eigenvalue weighted by molar-refractivity contribution is 0.617. The molecule has 14 rings (SSSR count). The molecule has 0 fully saturated rings. The average molecular weight is 839 g/mol. The topological polar surface area (TPSA) is 31.0 Å². The van der Waals surface area contributed by atoms with Crippen LogP contribution in [0.5, 0.6) is 0 Å². The fourth-order valence-corrected chi connectivity index (χ4v) is 10.8. The minimum Gasteiger partial charge on any atom is -0.464 e. The van der Waals surface area contributed by atoms with E-state index in [2.05, 4.69) is 223 Å². The Hall–Kier alpha value is -8.79. The highest BCUT2D eigenvalue weighted by atomic mass is 16.3. The van der Waals surface area contributed by atoms with Gasteiger partial charge in [-0.05, 0) is 119 Å². The number of hydrogen-bond acceptors (Lipinski definition) is 2. The number of rotatable bonds is 5. The van der Waals surface area contributed by atoms with Crippen LogP contribution in [0.25, 0.3) is 137 Å². The van der Waals surface area contributed by atoms with E-state index in [1.165, 1.54) is 75.8 Å². The van der Waals surface area contributed by atoms with Gasteiger partial charge in [0.25, 0.3) is 0 Å². The van der Waals surface area contributed by atoms with E-state index in [0.717, 1.165) is 61.3 Å². The first kappa shape index (κ1) is 36.7. The summed E-state index contributed by atoms with van der Waals surface area (Å²) in [5.41, 5.74) is 12.9. The summed E-state index contributed by atoms with van der Waals surface area (Å²) < 4.78 is 8.58. The third kappa shape index (κ3) is 5.60. The summed E-state index contributed by atoms with van der Waals surface area (Å²) in [4.78, 5) is 5.56. The molecule has 0 saturated carbocycles. The van der Waals surface area contributed by atoms with Crippen LogP contribution in [0.4, 0.5) is 0 Å². The lowest BCUT2D eigenvalue weighted by Crippen LogP contribution is -1.99. The first-order chi connectivity index (χ1) is 32.7. The highest BCUT2D eigenvalue weighted by molar-refractivity contribution is 6.29. The van der Waals surface area contributed by atoms with Crippen LogP contribution in [0.15, 0.2) is 235 Å². The Kier molecular flexibility index (Phi) is 7.98. The van der Waals surface area contributed by atoms with Gasteiger partial charge in [0.15, 0.2) is 0 Å². The lowest BCUT2D eigenvalue weighted by Gasteiger charge is -2.16. The van der Waals surface area contributed by atoms with Crippen molar-refractivity contribution in [3.63, 3.8) is 0 Å². The van der Waals surface area contributed by atoms with Crippen LogP contribution in [-0.2, 0) is 0 Å². The van der Waals surface area contributed by atoms with E-state index >= 15 is 0 Å². The Balaban J connectivity index is 1.12. The normalized spacial score (nSPS) is 11.9. The first-order valence-corrected chi connectivity index (χ1v) is 22.6. The minimum absolute atomic E-state index is 0.903. The summed E-state index contributed by atoms with van der Waals surface area (Å²) in [6, 6.07) is 81.8. The first-order valence-electron chi connectivity index (χ1n) is 22.6. The molecule has 0 aliphatic carbocycles. The minimum atomic E-state index is 0.903. The maximum absolute atomic E-state index is 6.09. The number of fused-ring (bicyclic) bond motifs is 12. The summed E-state index contributed by atoms with van der Waals surface area (Å²) in [6.45, 7) is 0. The third-order valence-electron chi connectivity index (χ3n) is 13.8. The van der Waals surface area contributed by atoms with E-state index in [0.29, 0.717) is 0 Å². The number of para-hydroxylation sites is 1. The van der Waals surface area contributed by atoms with Gasteiger partial charge in [0.2, 0.25) is 0 Å². The van der Waals surface area contributed by atoms with E-state index < -0.39 is 0 Å². The molecule has 0 aliphatic rings. The fourth-order valence-electron chi connectivity index (χ4n) is 10.8. The van der Waals surface area contributed by atoms with Gasteiger partial charge in [-0.1, -0.05) is 176 Å². The number of nitrogens with zero attached hydrogens (tertiary/aromatic N) is 2. The van der Waals surface area contributed by atoms with Crippen LogP contribution in [0.3, 0.4) is 0 Å². The molecule has 0 atom stereocenters. The van der Waals surface area contributed by atoms with Crippen LogP contribution in [0, 0.1) is 0 Å². The van der Waals surface area contributed by atoms with Crippen molar-refractivity contribution in [2.45, 2.75) is 0 Å². The third-order valence-corrected chi connectivity index (χ3v) is 13.8. The Morgan fingerprint density at radius 2 is 0.833 bits per heavy atom. The molecule has 66 heavy (non-hydrogen) atoms. The van der Waals surface area contributed by atoms with Crippen LogP contribution in [0.1, 0.15) is 0 Å². The van der Waals surface area contributed by atoms with Gasteiger partial charge in [-0.2, -0.15) is 0 Å². The molecule has 0 spiro atoms. The van der Waals surface area contributed by atoms with Crippen molar-refractivity contribution in [2.24, 2.45) is 0 Å². The molecule has 3 heteroatoms. The van der Waals surface area contributed by atoms with Gasteiger partial charge in [0.05, 0.1) is 34.4 Å². The summed E-state index contributed by atoms with van der Waals surface area (Å²) in [6.07, 6.45) is 1.79. The fraction of sp³-hybridized carbons (Fsp3) is 0. The van der Waals surface area contributed by atoms with Gasteiger partial charge >= 0.3 is 0 Å². The van der Waals surface area contributed by atoms with Crippen molar-refractivity contribution >= 4 is 86.6 Å². The molecule has 0 aliphatic heterocycles. The van der Waals surface area contributed by atoms with E-state index in [1.807, 2.05) is 6.07 Å². The van der Waals surface area contributed by atoms with Crippen molar-refractivity contribution in [1.29, 1.82) is 0 Å². The number of aromatic nitrogens is 2. The Labute approximate surface area is 380 Å². The SMILES string of the molecule is c1ccc(-c2ccc3c(c2)c2cc4c5ccccc5c5ccc(-c6cccc7ccoc67)cc5c4cc2n3-c2cc(-c3cccc4ccccc34)nc(-c3cccc4ccccc34)c2)cc1. The molecule has 0 unspecified atom stereocenters. The molecule has 306 valence electrons. The molecule has 0 saturated heterocycles. The second-order valence-corrected chi connectivity index (χ2v) is 17.4. The zero-order chi connectivity index (χ0) is 43.3. The largest absolute Gasteiger partial charge is 0.464 e. The highest BCUT2D eigenvalue weighted by Crippen LogP contribution is 2.44. The van der Waals surface area contributed by atoms with E-state index in [1.54, 1.807) is 6.26 Å². The Morgan fingerprint density at radius 3 is 1.56 bits per heavy atom. The number of pyridine rings is 1. The average Bonchev–Trinajstić information content (AvgIpc) is 4.00. The van der Waals surface area contributed by atoms with Crippen molar-refractivity contribution in [3.05, 3.63) is 231 Å². The number of furan rings is 1. The van der Waals surface area contributed by atoms with Gasteiger partial charge in [0, 0.05) is 32.8 Å². The van der Waals surface area contributed by atoms with Crippen LogP contribution in [0.2, 0.25) is 0 Å². The molecule has 3 aromatic heterocycles. The smallest absolute Gasteiger partial charge is 0.141 e. The molecule has 0 N–H and O–H groups in total. The van der Waals surface area contributed by atoms with E-state index in [9.17, 15) is 0 Å². The van der Waals surface area contributed by atoms with Crippen LogP contribution >= 0.6 is 0 Å². The predicted molar refractivity (Wildman–Crippen MR) is 278 cm³/mol. The molecule has 0 amide bonds. The summed E-state index contributed by atoms with van der Waals surface area (Å²) in [7, 11) is 0. The van der Waals surface area contributed by atoms with Crippen LogP contribution < -0.4 is 0 Å². The zero-order valence-electron chi connectivity index (χ0n) is 35.7. The summed E-state index contributed by atoms with van der Waals surface area (Å²) in [5, 5.41) is 15.6. The van der Waals surface area contributed by atoms with Gasteiger partial charge in [-0.15, -0.1) is 0 Å². The molecule has 3 nitrogen and oxygen atoms in total. The molecule has 3 heterocycles. The number of benzene rings is 11. The quantitative estimate of drug-likeness (QED) is 0.162. The second kappa shape index (κ2) is 14.4. The maximum Gasteiger partial charge on any atom is 0.141 e. The van der Waals surface area contributed by atoms with Crippen molar-refractivity contribution in [3.8, 4) is 50.5 Å². The molecule has 14 aromatic rings. The van der Waals surface area contributed by atoms with E-state index in [-0.39, 0.29) is 0 Å². The molecular formula is C63H38N2O. The summed E-state index contributed by atoms with van der Waals surface area (Å²) in [5.74, 6) is 0. The molecule has 0 radical (unpaired) electrons. The monoisotopic (exact) mass is 838 g/mol. The van der Waals surface area contributed by atoms with Gasteiger partial charge in [-0.3, -0.25) is 0 Å². The van der Waals surface area contributed by atoms with Gasteiger partial charge in [0.1, 0.15) is 5.58 Å². The number of hydrogen-bond donors (Lipinski definition) is 0. The summed E-state index contributed by atoms with van der Waals surface area (Å²) >= 11 is 0. The van der Waals surface area contributed by atoms with Crippen molar-refractivity contribution in [2.75, 3.05) is 0 Å². The van der Waals surface area contributed by atoms with Gasteiger partial charge in [-0.25, -0.2) is 4.98 Å². The molecule has 0 bridgehead atoms. The Morgan fingerprint density at radius 1 is 0.303 bits per heavy atom. The lowest BCUT2D eigenvalue weighted by atomic mass is 9.91. The second-order valence-electron chi connectivity index (χ2n) is 17.4.